The van der Waals surface area contributed by atoms with E-state index in [4.69, 9.17) is 5.73 Å². The lowest BCUT2D eigenvalue weighted by molar-refractivity contribution is 0.540. The molecule has 1 atom stereocenters. The predicted molar refractivity (Wildman–Crippen MR) is 110 cm³/mol. The highest BCUT2D eigenvalue weighted by molar-refractivity contribution is 7.90. The van der Waals surface area contributed by atoms with Crippen LogP contribution in [0.1, 0.15) is 46.5 Å². The normalized spacial score (nSPS) is 18.3. The maximum atomic E-state index is 11.9. The number of benzene rings is 1. The third-order valence-corrected chi connectivity index (χ3v) is 6.93. The molecule has 0 amide bonds. The third-order valence-electron chi connectivity index (χ3n) is 4.74. The molecule has 1 aliphatic rings. The van der Waals surface area contributed by atoms with Gasteiger partial charge in [0.1, 0.15) is 0 Å². The molecule has 0 aromatic heterocycles. The van der Waals surface area contributed by atoms with Gasteiger partial charge >= 0.3 is 0 Å². The van der Waals surface area contributed by atoms with E-state index in [0.29, 0.717) is 12.6 Å². The van der Waals surface area contributed by atoms with E-state index in [0.717, 1.165) is 51.0 Å². The highest BCUT2D eigenvalue weighted by atomic mass is 32.2. The van der Waals surface area contributed by atoms with Crippen LogP contribution in [0.5, 0.6) is 0 Å². The highest BCUT2D eigenvalue weighted by Gasteiger charge is 2.27. The molecule has 1 saturated heterocycles. The quantitative estimate of drug-likeness (QED) is 0.571. The second kappa shape index (κ2) is 9.06. The van der Waals surface area contributed by atoms with E-state index >= 15 is 0 Å². The smallest absolute Gasteiger partial charge is 0.216 e. The molecule has 6 nitrogen and oxygen atoms in total. The van der Waals surface area contributed by atoms with Gasteiger partial charge in [0, 0.05) is 43.6 Å². The van der Waals surface area contributed by atoms with Crippen LogP contribution in [-0.4, -0.2) is 45.4 Å². The second-order valence-corrected chi connectivity index (χ2v) is 10.6. The summed E-state index contributed by atoms with van der Waals surface area (Å²) >= 11 is 0. The van der Waals surface area contributed by atoms with Gasteiger partial charge in [0.25, 0.3) is 0 Å². The van der Waals surface area contributed by atoms with Crippen molar-refractivity contribution in [3.8, 4) is 0 Å². The lowest BCUT2D eigenvalue weighted by Gasteiger charge is -2.19. The summed E-state index contributed by atoms with van der Waals surface area (Å²) in [5.41, 5.74) is 8.31. The average molecular weight is 383 g/mol. The molecule has 0 bridgehead atoms. The van der Waals surface area contributed by atoms with Gasteiger partial charge in [0.05, 0.1) is 4.75 Å². The van der Waals surface area contributed by atoms with E-state index in [-0.39, 0.29) is 0 Å². The van der Waals surface area contributed by atoms with Crippen LogP contribution in [0.4, 0.5) is 11.4 Å². The van der Waals surface area contributed by atoms with Crippen molar-refractivity contribution in [2.45, 2.75) is 57.2 Å². The van der Waals surface area contributed by atoms with Crippen LogP contribution in [0.25, 0.3) is 0 Å². The molecule has 1 fully saturated rings. The summed E-state index contributed by atoms with van der Waals surface area (Å²) < 4.78 is 25.8. The van der Waals surface area contributed by atoms with Crippen LogP contribution in [0.15, 0.2) is 24.3 Å². The van der Waals surface area contributed by atoms with Crippen LogP contribution >= 0.6 is 0 Å². The Balaban J connectivity index is 1.60. The largest absolute Gasteiger partial charge is 0.385 e. The Morgan fingerprint density at radius 3 is 2.35 bits per heavy atom. The van der Waals surface area contributed by atoms with Crippen molar-refractivity contribution in [2.24, 2.45) is 5.73 Å². The Kier molecular flexibility index (Phi) is 7.32. The lowest BCUT2D eigenvalue weighted by atomic mass is 10.2. The summed E-state index contributed by atoms with van der Waals surface area (Å²) in [6, 6.07) is 8.79. The van der Waals surface area contributed by atoms with Crippen molar-refractivity contribution < 1.29 is 8.42 Å². The van der Waals surface area contributed by atoms with Gasteiger partial charge in [-0.2, -0.15) is 0 Å². The van der Waals surface area contributed by atoms with Crippen LogP contribution in [0, 0.1) is 0 Å². The lowest BCUT2D eigenvalue weighted by Crippen LogP contribution is -2.39. The topological polar surface area (TPSA) is 87.5 Å². The first-order valence-electron chi connectivity index (χ1n) is 9.53. The van der Waals surface area contributed by atoms with Crippen molar-refractivity contribution in [2.75, 3.05) is 36.4 Å². The first-order chi connectivity index (χ1) is 12.2. The Morgan fingerprint density at radius 2 is 1.77 bits per heavy atom. The second-order valence-electron chi connectivity index (χ2n) is 8.04. The third kappa shape index (κ3) is 6.14. The van der Waals surface area contributed by atoms with E-state index in [1.165, 1.54) is 5.69 Å². The molecule has 0 saturated carbocycles. The first-order valence-corrected chi connectivity index (χ1v) is 11.0. The summed E-state index contributed by atoms with van der Waals surface area (Å²) in [4.78, 5) is 2.33. The van der Waals surface area contributed by atoms with Gasteiger partial charge in [-0.1, -0.05) is 6.42 Å². The molecule has 0 aliphatic carbocycles. The Labute approximate surface area is 158 Å². The molecule has 4 N–H and O–H groups in total. The van der Waals surface area contributed by atoms with Crippen LogP contribution in [0.3, 0.4) is 0 Å². The molecule has 1 unspecified atom stereocenters. The van der Waals surface area contributed by atoms with E-state index in [1.54, 1.807) is 20.8 Å². The zero-order valence-corrected chi connectivity index (χ0v) is 17.1. The maximum Gasteiger partial charge on any atom is 0.216 e. The number of unbranched alkanes of at least 4 members (excludes halogenated alkanes) is 2. The molecule has 0 spiro atoms. The predicted octanol–water partition coefficient (Wildman–Crippen LogP) is 2.52. The number of nitrogens with zero attached hydrogens (tertiary/aromatic N) is 1. The van der Waals surface area contributed by atoms with Gasteiger partial charge in [-0.05, 0) is 64.3 Å². The minimum absolute atomic E-state index is 0.292. The van der Waals surface area contributed by atoms with Gasteiger partial charge in [0.15, 0.2) is 0 Å². The molecule has 1 heterocycles. The molecular weight excluding hydrogens is 348 g/mol. The molecule has 0 radical (unpaired) electrons. The van der Waals surface area contributed by atoms with Crippen molar-refractivity contribution in [3.05, 3.63) is 24.3 Å². The number of anilines is 2. The Bertz CT molecular complexity index is 653. The molecular formula is C19H34N4O2S. The molecule has 1 aliphatic heterocycles. The summed E-state index contributed by atoms with van der Waals surface area (Å²) in [6.07, 6.45) is 3.92. The van der Waals surface area contributed by atoms with E-state index in [9.17, 15) is 8.42 Å². The number of sulfonamides is 1. The van der Waals surface area contributed by atoms with Crippen LogP contribution in [0.2, 0.25) is 0 Å². The number of hydrogen-bond acceptors (Lipinski definition) is 5. The minimum Gasteiger partial charge on any atom is -0.385 e. The van der Waals surface area contributed by atoms with Crippen molar-refractivity contribution in [1.29, 1.82) is 0 Å². The maximum absolute atomic E-state index is 11.9. The van der Waals surface area contributed by atoms with E-state index in [2.05, 4.69) is 39.2 Å². The van der Waals surface area contributed by atoms with Crippen molar-refractivity contribution in [3.63, 3.8) is 0 Å². The number of rotatable bonds is 9. The Hall–Kier alpha value is -1.31. The molecule has 2 rings (SSSR count). The standard InChI is InChI=1S/C19H34N4O2S/c1-19(2,3)26(24,25)22-13-6-4-5-12-21-17-7-9-18(10-8-17)23-14-11-16(20)15-23/h7-10,16,21-22H,4-6,11-15,20H2,1-3H3. The van der Waals surface area contributed by atoms with Crippen LogP contribution in [-0.2, 0) is 10.0 Å². The fraction of sp³-hybridized carbons (Fsp3) is 0.684. The van der Waals surface area contributed by atoms with E-state index < -0.39 is 14.8 Å². The number of nitrogens with two attached hydrogens (primary N) is 1. The summed E-state index contributed by atoms with van der Waals surface area (Å²) in [6.45, 7) is 8.50. The van der Waals surface area contributed by atoms with Crippen molar-refractivity contribution in [1.82, 2.24) is 4.72 Å². The van der Waals surface area contributed by atoms with Gasteiger partial charge in [-0.15, -0.1) is 0 Å². The number of nitrogens with one attached hydrogen (secondary N) is 2. The first kappa shape index (κ1) is 21.0. The van der Waals surface area contributed by atoms with Crippen LogP contribution < -0.4 is 20.7 Å². The summed E-state index contributed by atoms with van der Waals surface area (Å²) in [5, 5.41) is 3.42. The fourth-order valence-electron chi connectivity index (χ4n) is 2.89. The minimum atomic E-state index is -3.23. The zero-order valence-electron chi connectivity index (χ0n) is 16.3. The molecule has 1 aromatic rings. The van der Waals surface area contributed by atoms with Gasteiger partial charge in [0.2, 0.25) is 10.0 Å². The van der Waals surface area contributed by atoms with Gasteiger partial charge in [-0.25, -0.2) is 13.1 Å². The monoisotopic (exact) mass is 382 g/mol. The highest BCUT2D eigenvalue weighted by Crippen LogP contribution is 2.21. The molecule has 148 valence electrons. The zero-order chi connectivity index (χ0) is 19.2. The van der Waals surface area contributed by atoms with E-state index in [1.807, 2.05) is 0 Å². The molecule has 7 heteroatoms. The van der Waals surface area contributed by atoms with Gasteiger partial charge in [-0.3, -0.25) is 0 Å². The fourth-order valence-corrected chi connectivity index (χ4v) is 3.74. The molecule has 1 aromatic carbocycles. The van der Waals surface area contributed by atoms with Crippen molar-refractivity contribution >= 4 is 21.4 Å². The SMILES string of the molecule is CC(C)(C)S(=O)(=O)NCCCCCNc1ccc(N2CCC(N)C2)cc1. The number of hydrogen-bond donors (Lipinski definition) is 3. The Morgan fingerprint density at radius 1 is 1.12 bits per heavy atom. The summed E-state index contributed by atoms with van der Waals surface area (Å²) in [7, 11) is -3.23. The molecule has 26 heavy (non-hydrogen) atoms. The summed E-state index contributed by atoms with van der Waals surface area (Å²) in [5.74, 6) is 0. The van der Waals surface area contributed by atoms with Gasteiger partial charge < -0.3 is 16.0 Å². The average Bonchev–Trinajstić information content (AvgIpc) is 3.00.